The predicted molar refractivity (Wildman–Crippen MR) is 105 cm³/mol. The Balaban J connectivity index is 2.07. The Labute approximate surface area is 171 Å². The van der Waals surface area contributed by atoms with E-state index in [-0.39, 0.29) is 32.6 Å². The third-order valence-electron chi connectivity index (χ3n) is 4.53. The van der Waals surface area contributed by atoms with Crippen molar-refractivity contribution in [3.63, 3.8) is 0 Å². The summed E-state index contributed by atoms with van der Waals surface area (Å²) >= 11 is 12.0. The van der Waals surface area contributed by atoms with Crippen LogP contribution in [0.15, 0.2) is 42.5 Å². The van der Waals surface area contributed by atoms with Gasteiger partial charge < -0.3 is 0 Å². The fourth-order valence-electron chi connectivity index (χ4n) is 3.33. The van der Waals surface area contributed by atoms with Gasteiger partial charge in [0.25, 0.3) is 23.2 Å². The normalized spacial score (nSPS) is 13.1. The van der Waals surface area contributed by atoms with E-state index < -0.39 is 33.0 Å². The van der Waals surface area contributed by atoms with Gasteiger partial charge in [0.2, 0.25) is 0 Å². The average Bonchev–Trinajstić information content (AvgIpc) is 2.66. The predicted octanol–water partition coefficient (Wildman–Crippen LogP) is 4.76. The third-order valence-corrected chi connectivity index (χ3v) is 5.07. The second-order valence-electron chi connectivity index (χ2n) is 6.07. The smallest absolute Gasteiger partial charge is 0.268 e. The molecule has 3 aromatic rings. The zero-order valence-electron chi connectivity index (χ0n) is 14.1. The summed E-state index contributed by atoms with van der Waals surface area (Å²) < 4.78 is 0. The number of nitrogens with zero attached hydrogens (tertiary/aromatic N) is 3. The first-order chi connectivity index (χ1) is 13.7. The molecule has 0 aromatic heterocycles. The Hall–Kier alpha value is -3.56. The summed E-state index contributed by atoms with van der Waals surface area (Å²) in [7, 11) is 0. The number of imide groups is 1. The zero-order valence-corrected chi connectivity index (χ0v) is 15.6. The summed E-state index contributed by atoms with van der Waals surface area (Å²) in [4.78, 5) is 48.2. The molecule has 9 nitrogen and oxygen atoms in total. The van der Waals surface area contributed by atoms with E-state index in [4.69, 9.17) is 23.2 Å². The maximum Gasteiger partial charge on any atom is 0.284 e. The number of anilines is 1. The maximum atomic E-state index is 13.1. The van der Waals surface area contributed by atoms with E-state index in [1.807, 2.05) is 0 Å². The van der Waals surface area contributed by atoms with Gasteiger partial charge in [-0.15, -0.1) is 0 Å². The van der Waals surface area contributed by atoms with E-state index in [1.165, 1.54) is 30.3 Å². The van der Waals surface area contributed by atoms with Crippen molar-refractivity contribution in [2.75, 3.05) is 4.90 Å². The van der Waals surface area contributed by atoms with Gasteiger partial charge in [0.05, 0.1) is 20.6 Å². The van der Waals surface area contributed by atoms with Crippen molar-refractivity contribution in [1.82, 2.24) is 0 Å². The van der Waals surface area contributed by atoms with Crippen LogP contribution in [0, 0.1) is 20.2 Å². The van der Waals surface area contributed by atoms with Crippen molar-refractivity contribution >= 4 is 62.9 Å². The number of rotatable bonds is 3. The van der Waals surface area contributed by atoms with Crippen LogP contribution in [0.4, 0.5) is 17.1 Å². The average molecular weight is 432 g/mol. The van der Waals surface area contributed by atoms with Crippen LogP contribution in [-0.2, 0) is 0 Å². The van der Waals surface area contributed by atoms with Crippen molar-refractivity contribution in [2.45, 2.75) is 0 Å². The standard InChI is InChI=1S/C18H7Cl2N3O6/c19-8-1-4-12(11(20)7-8)21-17(24)9-2-5-13(22(26)27)16-14(23(28)29)6-3-10(15(9)16)18(21)25/h1-7H. The van der Waals surface area contributed by atoms with Crippen LogP contribution in [0.3, 0.4) is 0 Å². The number of carbonyl (C=O) groups excluding carboxylic acids is 2. The minimum atomic E-state index is -0.813. The van der Waals surface area contributed by atoms with Gasteiger partial charge in [-0.2, -0.15) is 0 Å². The number of nitro groups is 2. The van der Waals surface area contributed by atoms with Crippen LogP contribution in [0.5, 0.6) is 0 Å². The fourth-order valence-corrected chi connectivity index (χ4v) is 3.83. The van der Waals surface area contributed by atoms with E-state index in [0.717, 1.165) is 17.0 Å². The largest absolute Gasteiger partial charge is 0.284 e. The van der Waals surface area contributed by atoms with Gasteiger partial charge in [0.1, 0.15) is 5.39 Å². The molecule has 0 unspecified atom stereocenters. The monoisotopic (exact) mass is 431 g/mol. The summed E-state index contributed by atoms with van der Waals surface area (Å²) in [5.41, 5.74) is -1.25. The fraction of sp³-hybridized carbons (Fsp3) is 0. The molecule has 0 N–H and O–H groups in total. The highest BCUT2D eigenvalue weighted by Gasteiger charge is 2.39. The summed E-state index contributed by atoms with van der Waals surface area (Å²) in [6.07, 6.45) is 0. The number of carbonyl (C=O) groups is 2. The van der Waals surface area contributed by atoms with Crippen molar-refractivity contribution < 1.29 is 19.4 Å². The van der Waals surface area contributed by atoms with Crippen molar-refractivity contribution in [3.05, 3.63) is 83.9 Å². The van der Waals surface area contributed by atoms with E-state index in [0.29, 0.717) is 5.02 Å². The molecule has 144 valence electrons. The van der Waals surface area contributed by atoms with Crippen LogP contribution < -0.4 is 4.90 Å². The lowest BCUT2D eigenvalue weighted by atomic mass is 9.91. The second kappa shape index (κ2) is 6.50. The Morgan fingerprint density at radius 2 is 1.28 bits per heavy atom. The first kappa shape index (κ1) is 18.8. The van der Waals surface area contributed by atoms with Crippen LogP contribution in [0.1, 0.15) is 20.7 Å². The quantitative estimate of drug-likeness (QED) is 0.334. The number of hydrogen-bond acceptors (Lipinski definition) is 6. The van der Waals surface area contributed by atoms with Gasteiger partial charge in [-0.1, -0.05) is 23.2 Å². The molecule has 11 heteroatoms. The number of non-ortho nitro benzene ring substituents is 2. The molecule has 2 amide bonds. The van der Waals surface area contributed by atoms with Gasteiger partial charge >= 0.3 is 0 Å². The molecule has 3 aromatic carbocycles. The highest BCUT2D eigenvalue weighted by molar-refractivity contribution is 6.41. The maximum absolute atomic E-state index is 13.1. The van der Waals surface area contributed by atoms with Gasteiger partial charge in [-0.3, -0.25) is 29.8 Å². The van der Waals surface area contributed by atoms with Gasteiger partial charge in [0, 0.05) is 33.7 Å². The molecule has 4 rings (SSSR count). The number of halogens is 2. The molecule has 0 aliphatic carbocycles. The molecule has 0 bridgehead atoms. The van der Waals surface area contributed by atoms with Gasteiger partial charge in [-0.25, -0.2) is 4.90 Å². The minimum absolute atomic E-state index is 0.0442. The molecule has 0 radical (unpaired) electrons. The van der Waals surface area contributed by atoms with Crippen LogP contribution in [0.2, 0.25) is 10.0 Å². The summed E-state index contributed by atoms with van der Waals surface area (Å²) in [6, 6.07) is 8.53. The molecular formula is C18H7Cl2N3O6. The van der Waals surface area contributed by atoms with Gasteiger partial charge in [-0.05, 0) is 30.3 Å². The molecule has 0 saturated heterocycles. The molecule has 0 fully saturated rings. The molecule has 1 aliphatic heterocycles. The summed E-state index contributed by atoms with van der Waals surface area (Å²) in [5, 5.41) is 22.7. The number of amides is 2. The number of benzene rings is 3. The Morgan fingerprint density at radius 1 is 0.759 bits per heavy atom. The second-order valence-corrected chi connectivity index (χ2v) is 6.91. The van der Waals surface area contributed by atoms with E-state index in [9.17, 15) is 29.8 Å². The minimum Gasteiger partial charge on any atom is -0.268 e. The number of hydrogen-bond donors (Lipinski definition) is 0. The molecule has 1 aliphatic rings. The Bertz CT molecular complexity index is 1220. The lowest BCUT2D eigenvalue weighted by Crippen LogP contribution is -2.40. The molecule has 0 atom stereocenters. The van der Waals surface area contributed by atoms with Crippen molar-refractivity contribution in [3.8, 4) is 0 Å². The summed E-state index contributed by atoms with van der Waals surface area (Å²) in [6.45, 7) is 0. The number of nitro benzene ring substituents is 2. The van der Waals surface area contributed by atoms with Crippen LogP contribution in [0.25, 0.3) is 10.8 Å². The first-order valence-electron chi connectivity index (χ1n) is 7.94. The highest BCUT2D eigenvalue weighted by Crippen LogP contribution is 2.42. The zero-order chi connectivity index (χ0) is 21.0. The topological polar surface area (TPSA) is 124 Å². The summed E-state index contributed by atoms with van der Waals surface area (Å²) in [5.74, 6) is -1.63. The van der Waals surface area contributed by atoms with Crippen molar-refractivity contribution in [1.29, 1.82) is 0 Å². The molecule has 1 heterocycles. The van der Waals surface area contributed by atoms with E-state index in [2.05, 4.69) is 0 Å². The third kappa shape index (κ3) is 2.71. The van der Waals surface area contributed by atoms with Crippen LogP contribution in [-0.4, -0.2) is 21.7 Å². The Kier molecular flexibility index (Phi) is 4.21. The lowest BCUT2D eigenvalue weighted by molar-refractivity contribution is -0.390. The van der Waals surface area contributed by atoms with E-state index in [1.54, 1.807) is 0 Å². The SMILES string of the molecule is O=C1c2ccc([N+](=O)[O-])c3c([N+](=O)[O-])ccc(c23)C(=O)N1c1ccc(Cl)cc1Cl. The highest BCUT2D eigenvalue weighted by atomic mass is 35.5. The molecular weight excluding hydrogens is 425 g/mol. The molecule has 0 saturated carbocycles. The van der Waals surface area contributed by atoms with Crippen LogP contribution >= 0.6 is 23.2 Å². The first-order valence-corrected chi connectivity index (χ1v) is 8.70. The molecule has 29 heavy (non-hydrogen) atoms. The van der Waals surface area contributed by atoms with Crippen molar-refractivity contribution in [2.24, 2.45) is 0 Å². The molecule has 0 spiro atoms. The van der Waals surface area contributed by atoms with Gasteiger partial charge in [0.15, 0.2) is 0 Å². The van der Waals surface area contributed by atoms with E-state index >= 15 is 0 Å². The Morgan fingerprint density at radius 3 is 1.72 bits per heavy atom. The lowest BCUT2D eigenvalue weighted by Gasteiger charge is -2.27.